The normalized spacial score (nSPS) is 13.2. The molecule has 0 saturated heterocycles. The molecule has 1 rings (SSSR count). The van der Waals surface area contributed by atoms with E-state index in [1.165, 1.54) is 0 Å². The summed E-state index contributed by atoms with van der Waals surface area (Å²) in [6.07, 6.45) is 0.245. The first-order valence-corrected chi connectivity index (χ1v) is 4.64. The highest BCUT2D eigenvalue weighted by Gasteiger charge is 2.10. The molecule has 2 N–H and O–H groups in total. The zero-order valence-electron chi connectivity index (χ0n) is 8.23. The van der Waals surface area contributed by atoms with Crippen LogP contribution in [-0.4, -0.2) is 12.6 Å². The lowest BCUT2D eigenvalue weighted by molar-refractivity contribution is 0.0120. The summed E-state index contributed by atoms with van der Waals surface area (Å²) in [5.74, 6) is 0. The molecule has 0 aromatic heterocycles. The largest absolute Gasteiger partial charge is 0.370 e. The van der Waals surface area contributed by atoms with E-state index in [0.717, 1.165) is 5.56 Å². The summed E-state index contributed by atoms with van der Waals surface area (Å²) in [7, 11) is 0. The van der Waals surface area contributed by atoms with Crippen LogP contribution in [0.15, 0.2) is 30.3 Å². The smallest absolute Gasteiger partial charge is 0.0950 e. The summed E-state index contributed by atoms with van der Waals surface area (Å²) in [4.78, 5) is 0. The van der Waals surface area contributed by atoms with Crippen LogP contribution in [0.3, 0.4) is 0 Å². The summed E-state index contributed by atoms with van der Waals surface area (Å²) in [5, 5.41) is 0. The minimum Gasteiger partial charge on any atom is -0.370 e. The van der Waals surface area contributed by atoms with Gasteiger partial charge in [0, 0.05) is 6.54 Å². The van der Waals surface area contributed by atoms with Crippen LogP contribution in [-0.2, 0) is 4.74 Å². The SMILES string of the molecule is CC(C)O[C@@H](CN)c1ccccc1. The van der Waals surface area contributed by atoms with Crippen molar-refractivity contribution in [1.82, 2.24) is 0 Å². The zero-order chi connectivity index (χ0) is 9.68. The Hall–Kier alpha value is -0.860. The van der Waals surface area contributed by atoms with Gasteiger partial charge in [0.2, 0.25) is 0 Å². The van der Waals surface area contributed by atoms with Crippen LogP contribution in [0.1, 0.15) is 25.5 Å². The van der Waals surface area contributed by atoms with Crippen molar-refractivity contribution in [2.24, 2.45) is 5.73 Å². The number of benzene rings is 1. The molecule has 0 fully saturated rings. The maximum absolute atomic E-state index is 5.66. The fourth-order valence-corrected chi connectivity index (χ4v) is 1.27. The molecule has 0 unspecified atom stereocenters. The van der Waals surface area contributed by atoms with Crippen LogP contribution in [0, 0.1) is 0 Å². The first kappa shape index (κ1) is 10.2. The van der Waals surface area contributed by atoms with E-state index in [1.807, 2.05) is 44.2 Å². The summed E-state index contributed by atoms with van der Waals surface area (Å²) in [5.41, 5.74) is 6.78. The fraction of sp³-hybridized carbons (Fsp3) is 0.455. The van der Waals surface area contributed by atoms with Crippen LogP contribution < -0.4 is 5.73 Å². The summed E-state index contributed by atoms with van der Waals surface area (Å²) in [6, 6.07) is 10.1. The molecular formula is C11H17NO. The molecule has 0 spiro atoms. The Morgan fingerprint density at radius 3 is 2.31 bits per heavy atom. The lowest BCUT2D eigenvalue weighted by atomic mass is 10.1. The number of hydrogen-bond acceptors (Lipinski definition) is 2. The maximum Gasteiger partial charge on any atom is 0.0950 e. The molecule has 0 aliphatic carbocycles. The average Bonchev–Trinajstić information content (AvgIpc) is 2.15. The molecule has 2 heteroatoms. The number of rotatable bonds is 4. The standard InChI is InChI=1S/C11H17NO/c1-9(2)13-11(8-12)10-6-4-3-5-7-10/h3-7,9,11H,8,12H2,1-2H3/t11-/m0/s1. The Kier molecular flexibility index (Phi) is 3.93. The fourth-order valence-electron chi connectivity index (χ4n) is 1.27. The van der Waals surface area contributed by atoms with Crippen molar-refractivity contribution in [1.29, 1.82) is 0 Å². The van der Waals surface area contributed by atoms with Gasteiger partial charge in [0.05, 0.1) is 12.2 Å². The highest BCUT2D eigenvalue weighted by molar-refractivity contribution is 5.17. The van der Waals surface area contributed by atoms with Gasteiger partial charge in [0.25, 0.3) is 0 Å². The van der Waals surface area contributed by atoms with Crippen LogP contribution in [0.4, 0.5) is 0 Å². The molecule has 2 nitrogen and oxygen atoms in total. The topological polar surface area (TPSA) is 35.2 Å². The quantitative estimate of drug-likeness (QED) is 0.768. The summed E-state index contributed by atoms with van der Waals surface area (Å²) >= 11 is 0. The van der Waals surface area contributed by atoms with Crippen LogP contribution in [0.2, 0.25) is 0 Å². The predicted molar refractivity (Wildman–Crippen MR) is 54.5 cm³/mol. The monoisotopic (exact) mass is 179 g/mol. The predicted octanol–water partition coefficient (Wildman–Crippen LogP) is 2.11. The molecule has 1 aromatic carbocycles. The molecule has 1 aromatic rings. The van der Waals surface area contributed by atoms with Gasteiger partial charge in [-0.2, -0.15) is 0 Å². The van der Waals surface area contributed by atoms with E-state index >= 15 is 0 Å². The summed E-state index contributed by atoms with van der Waals surface area (Å²) < 4.78 is 5.66. The first-order chi connectivity index (χ1) is 6.24. The van der Waals surface area contributed by atoms with Crippen molar-refractivity contribution in [2.75, 3.05) is 6.54 Å². The minimum absolute atomic E-state index is 0.0289. The Bertz CT molecular complexity index is 233. The third kappa shape index (κ3) is 3.17. The van der Waals surface area contributed by atoms with E-state index in [-0.39, 0.29) is 12.2 Å². The number of hydrogen-bond donors (Lipinski definition) is 1. The van der Waals surface area contributed by atoms with Crippen molar-refractivity contribution in [3.05, 3.63) is 35.9 Å². The van der Waals surface area contributed by atoms with Gasteiger partial charge in [-0.15, -0.1) is 0 Å². The van der Waals surface area contributed by atoms with Crippen LogP contribution in [0.25, 0.3) is 0 Å². The minimum atomic E-state index is 0.0289. The molecule has 0 aliphatic heterocycles. The highest BCUT2D eigenvalue weighted by atomic mass is 16.5. The van der Waals surface area contributed by atoms with Gasteiger partial charge in [-0.25, -0.2) is 0 Å². The van der Waals surface area contributed by atoms with Gasteiger partial charge in [-0.1, -0.05) is 30.3 Å². The van der Waals surface area contributed by atoms with Gasteiger partial charge in [0.1, 0.15) is 0 Å². The molecule has 13 heavy (non-hydrogen) atoms. The molecule has 0 radical (unpaired) electrons. The lowest BCUT2D eigenvalue weighted by Crippen LogP contribution is -2.19. The second kappa shape index (κ2) is 5.00. The molecule has 1 atom stereocenters. The van der Waals surface area contributed by atoms with Crippen molar-refractivity contribution >= 4 is 0 Å². The Labute approximate surface area is 79.7 Å². The Morgan fingerprint density at radius 2 is 1.85 bits per heavy atom. The van der Waals surface area contributed by atoms with Gasteiger partial charge >= 0.3 is 0 Å². The molecule has 0 amide bonds. The average molecular weight is 179 g/mol. The molecule has 0 aliphatic rings. The maximum atomic E-state index is 5.66. The van der Waals surface area contributed by atoms with Crippen LogP contribution >= 0.6 is 0 Å². The molecule has 72 valence electrons. The Balaban J connectivity index is 2.67. The molecule has 0 heterocycles. The highest BCUT2D eigenvalue weighted by Crippen LogP contribution is 2.17. The number of ether oxygens (including phenoxy) is 1. The van der Waals surface area contributed by atoms with Crippen molar-refractivity contribution < 1.29 is 4.74 Å². The Morgan fingerprint density at radius 1 is 1.23 bits per heavy atom. The van der Waals surface area contributed by atoms with Gasteiger partial charge in [-0.3, -0.25) is 0 Å². The lowest BCUT2D eigenvalue weighted by Gasteiger charge is -2.18. The number of nitrogens with two attached hydrogens (primary N) is 1. The van der Waals surface area contributed by atoms with Crippen LogP contribution in [0.5, 0.6) is 0 Å². The second-order valence-electron chi connectivity index (χ2n) is 3.32. The van der Waals surface area contributed by atoms with Crippen molar-refractivity contribution in [2.45, 2.75) is 26.1 Å². The zero-order valence-corrected chi connectivity index (χ0v) is 8.23. The van der Waals surface area contributed by atoms with E-state index in [0.29, 0.717) is 6.54 Å². The van der Waals surface area contributed by atoms with Gasteiger partial charge < -0.3 is 10.5 Å². The van der Waals surface area contributed by atoms with E-state index in [9.17, 15) is 0 Å². The van der Waals surface area contributed by atoms with E-state index < -0.39 is 0 Å². The molecule has 0 bridgehead atoms. The summed E-state index contributed by atoms with van der Waals surface area (Å²) in [6.45, 7) is 4.57. The van der Waals surface area contributed by atoms with Crippen molar-refractivity contribution in [3.63, 3.8) is 0 Å². The van der Waals surface area contributed by atoms with E-state index in [2.05, 4.69) is 0 Å². The van der Waals surface area contributed by atoms with E-state index in [4.69, 9.17) is 10.5 Å². The van der Waals surface area contributed by atoms with Crippen molar-refractivity contribution in [3.8, 4) is 0 Å². The van der Waals surface area contributed by atoms with Gasteiger partial charge in [-0.05, 0) is 19.4 Å². The van der Waals surface area contributed by atoms with Gasteiger partial charge in [0.15, 0.2) is 0 Å². The first-order valence-electron chi connectivity index (χ1n) is 4.64. The third-order valence-electron chi connectivity index (χ3n) is 1.82. The third-order valence-corrected chi connectivity index (χ3v) is 1.82. The molecule has 0 saturated carbocycles. The second-order valence-corrected chi connectivity index (χ2v) is 3.32. The molecular weight excluding hydrogens is 162 g/mol. The van der Waals surface area contributed by atoms with E-state index in [1.54, 1.807) is 0 Å².